The Kier molecular flexibility index (Phi) is 22.2. The number of amides is 3. The lowest BCUT2D eigenvalue weighted by Gasteiger charge is -2.31. The van der Waals surface area contributed by atoms with E-state index in [0.717, 1.165) is 83.8 Å². The molecule has 0 saturated carbocycles. The van der Waals surface area contributed by atoms with E-state index < -0.39 is 18.3 Å². The van der Waals surface area contributed by atoms with E-state index in [4.69, 9.17) is 23.7 Å². The highest BCUT2D eigenvalue weighted by atomic mass is 16.6. The van der Waals surface area contributed by atoms with Crippen molar-refractivity contribution < 1.29 is 42.8 Å². The molecule has 33 nitrogen and oxygen atoms in total. The van der Waals surface area contributed by atoms with Gasteiger partial charge in [-0.15, -0.1) is 0 Å². The number of rotatable bonds is 20. The van der Waals surface area contributed by atoms with Crippen molar-refractivity contribution in [1.82, 2.24) is 99.5 Å². The number of ether oxygens (including phenoxy) is 6. The number of anilines is 4. The topological polar surface area (TPSA) is 402 Å². The standard InChI is InChI=1S/C24H27N9O3.C24H21N9O2.C23H22N6O4/c1-32-6-8-33(9-7-32)10-11-36-23-27-14-17(15-28-23)16-12-18(21-25-4-3-5-26-21)20-19(13-16)29-22(30-20)31-24(34)35-2;1-2-35-24(34)33-23-31-19-11-15(10-18(20(19)32-23)21-26-8-5-9-27-21)16-12-28-22(29-13-16)30-14-17-6-3-4-7-25-17;1-2-32-23(30)29-22-27-18-11-15(10-17(20(18)28-22)21-24-7-3-8-25-21)14-4-5-19(26-12-14)33-16-6-9-31-13-16/h3-5,12-15H,6-11H2,1-2H3,(H2,29,30,31,34);3-13H,2,14H2,1H3,(H,28,29,30)(H2,31,32,33,34);3-5,7-8,10-12,16H,2,6,9,13H2,1H3,(H2,27,28,29,30). The molecule has 2 fully saturated rings. The maximum atomic E-state index is 11.9. The lowest BCUT2D eigenvalue weighted by Crippen LogP contribution is -2.45. The first-order valence-electron chi connectivity index (χ1n) is 33.2. The fraction of sp³-hybridized carbons (Fsp3) is 0.239. The van der Waals surface area contributed by atoms with E-state index in [0.29, 0.717) is 106 Å². The third-order valence-corrected chi connectivity index (χ3v) is 16.2. The van der Waals surface area contributed by atoms with E-state index in [-0.39, 0.29) is 37.2 Å². The van der Waals surface area contributed by atoms with Gasteiger partial charge in [-0.25, -0.2) is 84.2 Å². The van der Waals surface area contributed by atoms with Gasteiger partial charge < -0.3 is 53.6 Å². The fourth-order valence-electron chi connectivity index (χ4n) is 11.0. The van der Waals surface area contributed by atoms with E-state index in [2.05, 4.69) is 133 Å². The van der Waals surface area contributed by atoms with Gasteiger partial charge in [-0.05, 0) is 110 Å². The third-order valence-electron chi connectivity index (χ3n) is 16.2. The minimum Gasteiger partial charge on any atom is -0.472 e. The Balaban J connectivity index is 0.000000139. The first kappa shape index (κ1) is 69.3. The summed E-state index contributed by atoms with van der Waals surface area (Å²) in [5, 5.41) is 10.9. The van der Waals surface area contributed by atoms with Crippen LogP contribution in [0.4, 0.5) is 38.2 Å². The van der Waals surface area contributed by atoms with Crippen LogP contribution in [0.25, 0.3) is 101 Å². The number of aromatic nitrogens is 18. The van der Waals surface area contributed by atoms with E-state index in [1.807, 2.05) is 66.7 Å². The van der Waals surface area contributed by atoms with Gasteiger partial charge in [0.15, 0.2) is 17.5 Å². The van der Waals surface area contributed by atoms with Crippen LogP contribution < -0.4 is 30.7 Å². The lowest BCUT2D eigenvalue weighted by atomic mass is 10.0. The van der Waals surface area contributed by atoms with Crippen LogP contribution in [0.5, 0.6) is 11.9 Å². The summed E-state index contributed by atoms with van der Waals surface area (Å²) in [4.78, 5) is 116. The molecule has 7 N–H and O–H groups in total. The van der Waals surface area contributed by atoms with Gasteiger partial charge in [-0.2, -0.15) is 0 Å². The van der Waals surface area contributed by atoms with Gasteiger partial charge in [0.2, 0.25) is 29.7 Å². The monoisotopic (exact) mass is 1400 g/mol. The van der Waals surface area contributed by atoms with Gasteiger partial charge in [-0.3, -0.25) is 25.8 Å². The van der Waals surface area contributed by atoms with E-state index in [9.17, 15) is 14.4 Å². The highest BCUT2D eigenvalue weighted by molar-refractivity contribution is 5.99. The predicted octanol–water partition coefficient (Wildman–Crippen LogP) is 10.2. The summed E-state index contributed by atoms with van der Waals surface area (Å²) in [6, 6.07) is 26.7. The Morgan fingerprint density at radius 3 is 1.46 bits per heavy atom. The number of H-pyrrole nitrogens is 3. The maximum Gasteiger partial charge on any atom is 0.413 e. The number of nitrogens with one attached hydrogen (secondary N) is 7. The zero-order chi connectivity index (χ0) is 71.6. The second kappa shape index (κ2) is 33.4. The number of likely N-dealkylation sites (N-methyl/N-ethyl adjacent to an activating group) is 1. The van der Waals surface area contributed by atoms with Gasteiger partial charge in [-0.1, -0.05) is 6.07 Å². The second-order valence-electron chi connectivity index (χ2n) is 23.2. The normalized spacial score (nSPS) is 13.6. The van der Waals surface area contributed by atoms with Gasteiger partial charge in [0.05, 0.1) is 62.3 Å². The zero-order valence-electron chi connectivity index (χ0n) is 56.9. The first-order chi connectivity index (χ1) is 51.0. The molecule has 0 radical (unpaired) electrons. The number of imidazole rings is 3. The molecule has 104 heavy (non-hydrogen) atoms. The molecule has 15 rings (SSSR count). The predicted molar refractivity (Wildman–Crippen MR) is 385 cm³/mol. The number of carbonyl (C=O) groups is 3. The number of methoxy groups -OCH3 is 1. The van der Waals surface area contributed by atoms with Gasteiger partial charge in [0.1, 0.15) is 29.3 Å². The molecule has 1 atom stereocenters. The van der Waals surface area contributed by atoms with Crippen molar-refractivity contribution in [2.75, 3.05) is 101 Å². The SMILES string of the molecule is CCOC(=O)Nc1nc2c(-c3ncccn3)cc(-c3ccc(OC4CCOC4)nc3)cc2[nH]1.CCOC(=O)Nc1nc2c(-c3ncccn3)cc(-c3cnc(NCc4ccccn4)nc3)cc2[nH]1.COC(=O)Nc1nc2c(-c3ncccn3)cc(-c3cnc(OCCN4CCN(C)CC4)nc3)cc2[nH]1. The second-order valence-corrected chi connectivity index (χ2v) is 23.2. The van der Waals surface area contributed by atoms with Gasteiger partial charge in [0.25, 0.3) is 0 Å². The lowest BCUT2D eigenvalue weighted by molar-refractivity contribution is 0.131. The molecular formula is C71H70N24O9. The van der Waals surface area contributed by atoms with E-state index >= 15 is 0 Å². The highest BCUT2D eigenvalue weighted by Crippen LogP contribution is 2.36. The minimum absolute atomic E-state index is 0.0387. The molecular weight excluding hydrogens is 1330 g/mol. The molecule has 2 aliphatic rings. The zero-order valence-corrected chi connectivity index (χ0v) is 56.9. The summed E-state index contributed by atoms with van der Waals surface area (Å²) < 4.78 is 31.6. The van der Waals surface area contributed by atoms with Gasteiger partial charge in [0, 0.05) is 153 Å². The molecule has 3 amide bonds. The van der Waals surface area contributed by atoms with Crippen molar-refractivity contribution >= 4 is 75.2 Å². The molecule has 1 unspecified atom stereocenters. The first-order valence-corrected chi connectivity index (χ1v) is 33.2. The minimum atomic E-state index is -0.622. The Morgan fingerprint density at radius 2 is 1.01 bits per heavy atom. The number of aromatic amines is 3. The van der Waals surface area contributed by atoms with Crippen LogP contribution in [0.3, 0.4) is 0 Å². The van der Waals surface area contributed by atoms with Crippen molar-refractivity contribution in [3.8, 4) is 79.4 Å². The Labute approximate surface area is 593 Å². The Bertz CT molecular complexity index is 5010. The van der Waals surface area contributed by atoms with Crippen molar-refractivity contribution in [2.24, 2.45) is 0 Å². The van der Waals surface area contributed by atoms with Crippen LogP contribution in [-0.4, -0.2) is 204 Å². The molecule has 33 heteroatoms. The summed E-state index contributed by atoms with van der Waals surface area (Å²) in [6.07, 6.45) is 19.5. The van der Waals surface area contributed by atoms with Crippen LogP contribution in [0.15, 0.2) is 159 Å². The van der Waals surface area contributed by atoms with Crippen molar-refractivity contribution in [3.05, 3.63) is 165 Å². The van der Waals surface area contributed by atoms with Crippen LogP contribution in [0, 0.1) is 0 Å². The summed E-state index contributed by atoms with van der Waals surface area (Å²) >= 11 is 0. The van der Waals surface area contributed by atoms with Crippen LogP contribution in [0.2, 0.25) is 0 Å². The Morgan fingerprint density at radius 1 is 0.529 bits per heavy atom. The molecule has 10 aromatic heterocycles. The average Bonchev–Trinajstić information content (AvgIpc) is 1.60. The van der Waals surface area contributed by atoms with Crippen molar-refractivity contribution in [3.63, 3.8) is 0 Å². The number of hydrogen-bond donors (Lipinski definition) is 7. The van der Waals surface area contributed by atoms with Crippen LogP contribution >= 0.6 is 0 Å². The molecule has 13 aromatic rings. The van der Waals surface area contributed by atoms with Crippen molar-refractivity contribution in [1.29, 1.82) is 0 Å². The number of nitrogens with zero attached hydrogens (tertiary/aromatic N) is 17. The van der Waals surface area contributed by atoms with Crippen molar-refractivity contribution in [2.45, 2.75) is 32.9 Å². The molecule has 0 spiro atoms. The third kappa shape index (κ3) is 17.7. The smallest absolute Gasteiger partial charge is 0.413 e. The number of carbonyl (C=O) groups excluding carboxylic acids is 3. The number of benzene rings is 3. The molecule has 528 valence electrons. The van der Waals surface area contributed by atoms with Gasteiger partial charge >= 0.3 is 24.3 Å². The molecule has 0 bridgehead atoms. The molecule has 2 saturated heterocycles. The number of hydrogen-bond acceptors (Lipinski definition) is 27. The summed E-state index contributed by atoms with van der Waals surface area (Å²) in [6.45, 7) is 11.4. The Hall–Kier alpha value is -13.1. The molecule has 2 aliphatic heterocycles. The summed E-state index contributed by atoms with van der Waals surface area (Å²) in [7, 11) is 3.43. The van der Waals surface area contributed by atoms with E-state index in [1.54, 1.807) is 106 Å². The number of fused-ring (bicyclic) bond motifs is 3. The van der Waals surface area contributed by atoms with E-state index in [1.165, 1.54) is 7.11 Å². The summed E-state index contributed by atoms with van der Waals surface area (Å²) in [5.74, 6) is 3.38. The largest absolute Gasteiger partial charge is 0.472 e. The van der Waals surface area contributed by atoms with Crippen LogP contribution in [0.1, 0.15) is 26.0 Å². The number of piperazine rings is 1. The maximum absolute atomic E-state index is 11.9. The van der Waals surface area contributed by atoms with Crippen LogP contribution in [-0.2, 0) is 25.5 Å². The quantitative estimate of drug-likeness (QED) is 0.0349. The molecule has 12 heterocycles. The highest BCUT2D eigenvalue weighted by Gasteiger charge is 2.22. The molecule has 0 aliphatic carbocycles. The fourth-order valence-corrected chi connectivity index (χ4v) is 11.0. The summed E-state index contributed by atoms with van der Waals surface area (Å²) in [5.41, 5.74) is 12.0. The molecule has 3 aromatic carbocycles. The number of pyridine rings is 2. The average molecular weight is 1400 g/mol.